The van der Waals surface area contributed by atoms with E-state index in [-0.39, 0.29) is 23.4 Å². The number of aromatic hydroxyl groups is 2. The highest BCUT2D eigenvalue weighted by atomic mass is 16.5. The first-order valence-electron chi connectivity index (χ1n) is 12.8. The number of methoxy groups -OCH3 is 2. The molecule has 0 saturated heterocycles. The van der Waals surface area contributed by atoms with Gasteiger partial charge in [0.25, 0.3) is 0 Å². The predicted octanol–water partition coefficient (Wildman–Crippen LogP) is 6.99. The maximum absolute atomic E-state index is 10.9. The lowest BCUT2D eigenvalue weighted by Gasteiger charge is -2.06. The van der Waals surface area contributed by atoms with Crippen molar-refractivity contribution in [1.29, 1.82) is 0 Å². The SMILES string of the molecule is CC(=O)Oc1ccc(/C=C/c2cc(O)cc(O)c2)cc1.COc1cc(/C=C/c2ccc(OC(C)=O)cc2)cc(OC)c1. The molecule has 0 aliphatic rings. The first kappa shape index (κ1) is 31.0. The van der Waals surface area contributed by atoms with Crippen LogP contribution in [0.1, 0.15) is 36.1 Å². The molecule has 2 N–H and O–H groups in total. The molecule has 4 aromatic rings. The topological polar surface area (TPSA) is 112 Å². The second kappa shape index (κ2) is 15.3. The molecule has 0 aromatic heterocycles. The molecule has 0 bridgehead atoms. The molecule has 0 unspecified atom stereocenters. The summed E-state index contributed by atoms with van der Waals surface area (Å²) in [6.07, 6.45) is 7.52. The predicted molar refractivity (Wildman–Crippen MR) is 163 cm³/mol. The zero-order valence-electron chi connectivity index (χ0n) is 23.7. The van der Waals surface area contributed by atoms with Gasteiger partial charge in [-0.2, -0.15) is 0 Å². The lowest BCUT2D eigenvalue weighted by Crippen LogP contribution is -2.00. The Morgan fingerprint density at radius 3 is 1.21 bits per heavy atom. The quantitative estimate of drug-likeness (QED) is 0.133. The summed E-state index contributed by atoms with van der Waals surface area (Å²) in [5, 5.41) is 18.7. The van der Waals surface area contributed by atoms with E-state index in [1.54, 1.807) is 68.8 Å². The third-order valence-corrected chi connectivity index (χ3v) is 5.52. The highest BCUT2D eigenvalue weighted by Gasteiger charge is 2.01. The van der Waals surface area contributed by atoms with Gasteiger partial charge in [0.05, 0.1) is 14.2 Å². The van der Waals surface area contributed by atoms with Crippen LogP contribution in [0.3, 0.4) is 0 Å². The largest absolute Gasteiger partial charge is 0.508 e. The molecule has 42 heavy (non-hydrogen) atoms. The molecule has 0 radical (unpaired) electrons. The molecule has 0 saturated carbocycles. The van der Waals surface area contributed by atoms with Crippen LogP contribution in [-0.4, -0.2) is 36.4 Å². The van der Waals surface area contributed by atoms with Gasteiger partial charge < -0.3 is 29.2 Å². The number of benzene rings is 4. The number of hydrogen-bond donors (Lipinski definition) is 2. The highest BCUT2D eigenvalue weighted by molar-refractivity contribution is 5.73. The van der Waals surface area contributed by atoms with E-state index < -0.39 is 0 Å². The highest BCUT2D eigenvalue weighted by Crippen LogP contribution is 2.25. The molecule has 0 spiro atoms. The molecule has 0 amide bonds. The fourth-order valence-electron chi connectivity index (χ4n) is 3.65. The molecule has 0 fully saturated rings. The van der Waals surface area contributed by atoms with Crippen LogP contribution in [0.2, 0.25) is 0 Å². The smallest absolute Gasteiger partial charge is 0.308 e. The van der Waals surface area contributed by atoms with Crippen LogP contribution in [0.25, 0.3) is 24.3 Å². The van der Waals surface area contributed by atoms with Crippen LogP contribution in [0.4, 0.5) is 0 Å². The second-order valence-electron chi connectivity index (χ2n) is 8.92. The summed E-state index contributed by atoms with van der Waals surface area (Å²) in [7, 11) is 3.24. The maximum Gasteiger partial charge on any atom is 0.308 e. The summed E-state index contributed by atoms with van der Waals surface area (Å²) in [5.74, 6) is 1.84. The van der Waals surface area contributed by atoms with Crippen molar-refractivity contribution in [2.24, 2.45) is 0 Å². The first-order valence-corrected chi connectivity index (χ1v) is 12.8. The van der Waals surface area contributed by atoms with Crippen molar-refractivity contribution in [2.45, 2.75) is 13.8 Å². The van der Waals surface area contributed by atoms with E-state index >= 15 is 0 Å². The minimum atomic E-state index is -0.358. The normalized spacial score (nSPS) is 10.6. The Balaban J connectivity index is 0.000000231. The summed E-state index contributed by atoms with van der Waals surface area (Å²) < 4.78 is 20.4. The molecule has 0 aliphatic heterocycles. The Hall–Kier alpha value is -5.50. The van der Waals surface area contributed by atoms with Gasteiger partial charge >= 0.3 is 11.9 Å². The summed E-state index contributed by atoms with van der Waals surface area (Å²) in [6.45, 7) is 2.73. The van der Waals surface area contributed by atoms with Crippen LogP contribution in [0.15, 0.2) is 84.9 Å². The molecule has 4 rings (SSSR count). The van der Waals surface area contributed by atoms with E-state index in [9.17, 15) is 19.8 Å². The third-order valence-electron chi connectivity index (χ3n) is 5.52. The standard InChI is InChI=1S/C18H18O4.C16H14O4/c1-13(19)22-16-8-6-14(7-9-16)4-5-15-10-17(20-2)12-18(11-15)21-3;1-11(17)20-16-6-4-12(5-7-16)2-3-13-8-14(18)10-15(19)9-13/h4-12H,1-3H3;2-10,18-19H,1H3/b5-4+;3-2+. The summed E-state index contributed by atoms with van der Waals surface area (Å²) in [6, 6.07) is 24.3. The van der Waals surface area contributed by atoms with Gasteiger partial charge in [-0.3, -0.25) is 9.59 Å². The van der Waals surface area contributed by atoms with Crippen LogP contribution >= 0.6 is 0 Å². The van der Waals surface area contributed by atoms with Gasteiger partial charge in [-0.15, -0.1) is 0 Å². The first-order chi connectivity index (χ1) is 20.1. The number of carbonyl (C=O) groups excluding carboxylic acids is 2. The Morgan fingerprint density at radius 1 is 0.500 bits per heavy atom. The minimum absolute atomic E-state index is 0.00913. The fraction of sp³-hybridized carbons (Fsp3) is 0.118. The Kier molecular flexibility index (Phi) is 11.3. The van der Waals surface area contributed by atoms with Crippen molar-refractivity contribution in [3.8, 4) is 34.5 Å². The molecular formula is C34H32O8. The van der Waals surface area contributed by atoms with E-state index in [4.69, 9.17) is 18.9 Å². The van der Waals surface area contributed by atoms with Crippen molar-refractivity contribution in [1.82, 2.24) is 0 Å². The van der Waals surface area contributed by atoms with Gasteiger partial charge in [0.2, 0.25) is 0 Å². The van der Waals surface area contributed by atoms with E-state index in [1.165, 1.54) is 19.9 Å². The zero-order valence-corrected chi connectivity index (χ0v) is 23.7. The second-order valence-corrected chi connectivity index (χ2v) is 8.92. The van der Waals surface area contributed by atoms with Gasteiger partial charge in [0, 0.05) is 26.0 Å². The van der Waals surface area contributed by atoms with Crippen LogP contribution in [-0.2, 0) is 9.59 Å². The van der Waals surface area contributed by atoms with Crippen molar-refractivity contribution < 1.29 is 38.7 Å². The fourth-order valence-corrected chi connectivity index (χ4v) is 3.65. The molecule has 0 aliphatic carbocycles. The molecular weight excluding hydrogens is 536 g/mol. The molecule has 4 aromatic carbocycles. The number of ether oxygens (including phenoxy) is 4. The van der Waals surface area contributed by atoms with Gasteiger partial charge in [-0.1, -0.05) is 48.6 Å². The van der Waals surface area contributed by atoms with Crippen molar-refractivity contribution in [2.75, 3.05) is 14.2 Å². The van der Waals surface area contributed by atoms with Gasteiger partial charge in [-0.25, -0.2) is 0 Å². The van der Waals surface area contributed by atoms with E-state index in [2.05, 4.69) is 0 Å². The summed E-state index contributed by atoms with van der Waals surface area (Å²) in [4.78, 5) is 21.7. The molecule has 8 heteroatoms. The van der Waals surface area contributed by atoms with Gasteiger partial charge in [-0.05, 0) is 70.8 Å². The number of phenolic OH excluding ortho intramolecular Hbond substituents is 2. The Bertz CT molecular complexity index is 1510. The van der Waals surface area contributed by atoms with Crippen LogP contribution in [0, 0.1) is 0 Å². The lowest BCUT2D eigenvalue weighted by molar-refractivity contribution is -0.132. The van der Waals surface area contributed by atoms with Crippen molar-refractivity contribution in [3.05, 3.63) is 107 Å². The molecule has 0 heterocycles. The number of phenols is 2. The van der Waals surface area contributed by atoms with Gasteiger partial charge in [0.15, 0.2) is 0 Å². The zero-order chi connectivity index (χ0) is 30.5. The van der Waals surface area contributed by atoms with E-state index in [0.29, 0.717) is 17.1 Å². The van der Waals surface area contributed by atoms with Gasteiger partial charge in [0.1, 0.15) is 34.5 Å². The molecule has 216 valence electrons. The third kappa shape index (κ3) is 10.6. The van der Waals surface area contributed by atoms with E-state index in [0.717, 1.165) is 28.2 Å². The number of rotatable bonds is 8. The van der Waals surface area contributed by atoms with Crippen LogP contribution in [0.5, 0.6) is 34.5 Å². The molecule has 0 atom stereocenters. The monoisotopic (exact) mass is 568 g/mol. The average molecular weight is 569 g/mol. The summed E-state index contributed by atoms with van der Waals surface area (Å²) in [5.41, 5.74) is 3.56. The molecule has 8 nitrogen and oxygen atoms in total. The number of hydrogen-bond acceptors (Lipinski definition) is 8. The van der Waals surface area contributed by atoms with Crippen molar-refractivity contribution in [3.63, 3.8) is 0 Å². The Labute approximate surface area is 244 Å². The number of esters is 2. The Morgan fingerprint density at radius 2 is 0.857 bits per heavy atom. The van der Waals surface area contributed by atoms with Crippen molar-refractivity contribution >= 4 is 36.2 Å². The number of carbonyl (C=O) groups is 2. The average Bonchev–Trinajstić information content (AvgIpc) is 2.95. The van der Waals surface area contributed by atoms with Crippen LogP contribution < -0.4 is 18.9 Å². The minimum Gasteiger partial charge on any atom is -0.508 e. The summed E-state index contributed by atoms with van der Waals surface area (Å²) >= 11 is 0. The maximum atomic E-state index is 10.9. The lowest BCUT2D eigenvalue weighted by atomic mass is 10.1. The van der Waals surface area contributed by atoms with E-state index in [1.807, 2.05) is 48.6 Å².